The Morgan fingerprint density at radius 3 is 2.55 bits per heavy atom. The molecule has 20 heavy (non-hydrogen) atoms. The number of hydrogen-bond acceptors (Lipinski definition) is 4. The van der Waals surface area contributed by atoms with Gasteiger partial charge in [-0.15, -0.1) is 0 Å². The molecule has 1 aromatic carbocycles. The van der Waals surface area contributed by atoms with E-state index in [2.05, 4.69) is 9.47 Å². The van der Waals surface area contributed by atoms with Crippen LogP contribution in [-0.2, 0) is 4.74 Å². The molecule has 4 nitrogen and oxygen atoms in total. The zero-order valence-electron chi connectivity index (χ0n) is 10.1. The molecular weight excluding hydrogens is 306 g/mol. The number of carbonyl (C=O) groups excluding carboxylic acids is 1. The van der Waals surface area contributed by atoms with Gasteiger partial charge in [-0.1, -0.05) is 11.6 Å². The second-order valence-electron chi connectivity index (χ2n) is 3.72. The lowest BCUT2D eigenvalue weighted by Gasteiger charge is -2.18. The molecule has 2 N–H and O–H groups in total. The molecule has 112 valence electrons. The highest BCUT2D eigenvalue weighted by Crippen LogP contribution is 2.34. The van der Waals surface area contributed by atoms with Gasteiger partial charge in [-0.05, 0) is 12.1 Å². The quantitative estimate of drug-likeness (QED) is 0.515. The van der Waals surface area contributed by atoms with E-state index in [0.29, 0.717) is 0 Å². The summed E-state index contributed by atoms with van der Waals surface area (Å²) in [6.07, 6.45) is -3.91. The number of ether oxygens (including phenoxy) is 2. The fraction of sp³-hybridized carbons (Fsp3) is 0.364. The first-order valence-corrected chi connectivity index (χ1v) is 5.53. The number of hydrogen-bond donors (Lipinski definition) is 1. The van der Waals surface area contributed by atoms with Crippen LogP contribution in [0.5, 0.6) is 5.75 Å². The van der Waals surface area contributed by atoms with Crippen molar-refractivity contribution in [3.05, 3.63) is 22.7 Å². The minimum Gasteiger partial charge on any atom is -0.485 e. The number of benzene rings is 1. The van der Waals surface area contributed by atoms with Crippen LogP contribution in [0.3, 0.4) is 0 Å². The van der Waals surface area contributed by atoms with Crippen molar-refractivity contribution in [2.45, 2.75) is 12.3 Å². The molecule has 0 atom stereocenters. The third kappa shape index (κ3) is 3.66. The van der Waals surface area contributed by atoms with Crippen LogP contribution in [0, 0.1) is 0 Å². The average Bonchev–Trinajstić information content (AvgIpc) is 2.35. The minimum atomic E-state index is -4.38. The van der Waals surface area contributed by atoms with Gasteiger partial charge < -0.3 is 15.2 Å². The molecule has 0 aromatic heterocycles. The van der Waals surface area contributed by atoms with E-state index in [9.17, 15) is 22.4 Å². The molecule has 0 aliphatic rings. The lowest BCUT2D eigenvalue weighted by Crippen LogP contribution is -2.34. The molecule has 0 unspecified atom stereocenters. The van der Waals surface area contributed by atoms with Crippen LogP contribution in [0.25, 0.3) is 0 Å². The Balaban J connectivity index is 3.08. The van der Waals surface area contributed by atoms with E-state index in [4.69, 9.17) is 17.3 Å². The van der Waals surface area contributed by atoms with Gasteiger partial charge in [0.05, 0.1) is 12.1 Å². The predicted molar refractivity (Wildman–Crippen MR) is 63.6 cm³/mol. The number of esters is 1. The third-order valence-corrected chi connectivity index (χ3v) is 2.48. The summed E-state index contributed by atoms with van der Waals surface area (Å²) in [4.78, 5) is 11.4. The Morgan fingerprint density at radius 1 is 1.45 bits per heavy atom. The molecular formula is C11H10ClF4NO3. The molecule has 0 amide bonds. The largest absolute Gasteiger partial charge is 0.485 e. The Labute approximate surface area is 116 Å². The summed E-state index contributed by atoms with van der Waals surface area (Å²) >= 11 is 5.70. The Morgan fingerprint density at radius 2 is 2.05 bits per heavy atom. The molecule has 0 saturated carbocycles. The van der Waals surface area contributed by atoms with E-state index in [1.54, 1.807) is 0 Å². The number of rotatable bonds is 5. The van der Waals surface area contributed by atoms with Gasteiger partial charge in [0.25, 0.3) is 0 Å². The number of anilines is 1. The van der Waals surface area contributed by atoms with Crippen molar-refractivity contribution in [3.8, 4) is 5.75 Å². The van der Waals surface area contributed by atoms with E-state index >= 15 is 0 Å². The van der Waals surface area contributed by atoms with Crippen LogP contribution in [0.2, 0.25) is 5.02 Å². The maximum absolute atomic E-state index is 12.8. The highest BCUT2D eigenvalue weighted by Gasteiger charge is 2.42. The van der Waals surface area contributed by atoms with Crippen molar-refractivity contribution in [2.24, 2.45) is 0 Å². The minimum absolute atomic E-state index is 0.0587. The fourth-order valence-corrected chi connectivity index (χ4v) is 1.54. The lowest BCUT2D eigenvalue weighted by molar-refractivity contribution is -0.148. The first-order chi connectivity index (χ1) is 9.19. The summed E-state index contributed by atoms with van der Waals surface area (Å²) in [6.45, 7) is -1.64. The number of halogens is 5. The second-order valence-corrected chi connectivity index (χ2v) is 4.13. The summed E-state index contributed by atoms with van der Waals surface area (Å²) in [5.74, 6) is -5.82. The van der Waals surface area contributed by atoms with Gasteiger partial charge in [0.1, 0.15) is 5.56 Å². The normalized spacial score (nSPS) is 11.6. The van der Waals surface area contributed by atoms with Gasteiger partial charge >= 0.3 is 18.3 Å². The number of nitrogen functional groups attached to an aromatic ring is 1. The van der Waals surface area contributed by atoms with Crippen LogP contribution in [0.4, 0.5) is 23.2 Å². The SMILES string of the molecule is COC(=O)c1cc(N)cc(Cl)c1OCC(F)(F)C(F)F. The molecule has 0 radical (unpaired) electrons. The molecule has 0 saturated heterocycles. The maximum atomic E-state index is 12.8. The van der Waals surface area contributed by atoms with Crippen molar-refractivity contribution in [3.63, 3.8) is 0 Å². The van der Waals surface area contributed by atoms with E-state index in [-0.39, 0.29) is 16.3 Å². The van der Waals surface area contributed by atoms with Gasteiger partial charge in [-0.25, -0.2) is 13.6 Å². The van der Waals surface area contributed by atoms with Crippen molar-refractivity contribution in [2.75, 3.05) is 19.5 Å². The Bertz CT molecular complexity index is 511. The summed E-state index contributed by atoms with van der Waals surface area (Å²) in [5, 5.41) is -0.268. The summed E-state index contributed by atoms with van der Waals surface area (Å²) in [5.41, 5.74) is 5.16. The molecule has 0 heterocycles. The van der Waals surface area contributed by atoms with E-state index < -0.39 is 30.7 Å². The molecule has 9 heteroatoms. The van der Waals surface area contributed by atoms with Crippen molar-refractivity contribution >= 4 is 23.3 Å². The first-order valence-electron chi connectivity index (χ1n) is 5.15. The Kier molecular flexibility index (Phi) is 5.04. The molecule has 0 spiro atoms. The molecule has 0 bridgehead atoms. The molecule has 1 aromatic rings. The zero-order valence-corrected chi connectivity index (χ0v) is 10.9. The summed E-state index contributed by atoms with van der Waals surface area (Å²) < 4.78 is 58.6. The second kappa shape index (κ2) is 6.17. The molecule has 0 aliphatic heterocycles. The molecule has 0 aliphatic carbocycles. The van der Waals surface area contributed by atoms with Gasteiger partial charge in [0.2, 0.25) is 0 Å². The summed E-state index contributed by atoms with van der Waals surface area (Å²) in [6, 6.07) is 2.21. The predicted octanol–water partition coefficient (Wildman–Crippen LogP) is 2.99. The van der Waals surface area contributed by atoms with Crippen LogP contribution >= 0.6 is 11.6 Å². The topological polar surface area (TPSA) is 61.5 Å². The van der Waals surface area contributed by atoms with Gasteiger partial charge in [-0.3, -0.25) is 0 Å². The van der Waals surface area contributed by atoms with Gasteiger partial charge in [0, 0.05) is 5.69 Å². The zero-order chi connectivity index (χ0) is 15.5. The average molecular weight is 316 g/mol. The lowest BCUT2D eigenvalue weighted by atomic mass is 10.1. The highest BCUT2D eigenvalue weighted by molar-refractivity contribution is 6.33. The smallest absolute Gasteiger partial charge is 0.341 e. The third-order valence-electron chi connectivity index (χ3n) is 2.20. The van der Waals surface area contributed by atoms with E-state index in [0.717, 1.165) is 19.2 Å². The van der Waals surface area contributed by atoms with Crippen LogP contribution in [0.1, 0.15) is 10.4 Å². The number of nitrogens with two attached hydrogens (primary N) is 1. The standard InChI is InChI=1S/C11H10ClF4NO3/c1-19-9(18)6-2-5(17)3-7(12)8(6)20-4-11(15,16)10(13)14/h2-3,10H,4,17H2,1H3. The Hall–Kier alpha value is -1.70. The van der Waals surface area contributed by atoms with Crippen LogP contribution in [0.15, 0.2) is 12.1 Å². The molecule has 1 rings (SSSR count). The molecule has 0 fully saturated rings. The number of carbonyl (C=O) groups is 1. The van der Waals surface area contributed by atoms with Crippen LogP contribution < -0.4 is 10.5 Å². The number of alkyl halides is 4. The fourth-order valence-electron chi connectivity index (χ4n) is 1.25. The first kappa shape index (κ1) is 16.4. The van der Waals surface area contributed by atoms with Crippen molar-refractivity contribution in [1.29, 1.82) is 0 Å². The van der Waals surface area contributed by atoms with Gasteiger partial charge in [0.15, 0.2) is 12.4 Å². The van der Waals surface area contributed by atoms with E-state index in [1.807, 2.05) is 0 Å². The van der Waals surface area contributed by atoms with Crippen molar-refractivity contribution in [1.82, 2.24) is 0 Å². The van der Waals surface area contributed by atoms with Gasteiger partial charge in [-0.2, -0.15) is 8.78 Å². The monoisotopic (exact) mass is 315 g/mol. The maximum Gasteiger partial charge on any atom is 0.341 e. The van der Waals surface area contributed by atoms with Crippen LogP contribution in [-0.4, -0.2) is 32.0 Å². The summed E-state index contributed by atoms with van der Waals surface area (Å²) in [7, 11) is 1.04. The number of methoxy groups -OCH3 is 1. The highest BCUT2D eigenvalue weighted by atomic mass is 35.5. The van der Waals surface area contributed by atoms with Crippen molar-refractivity contribution < 1.29 is 31.8 Å². The van der Waals surface area contributed by atoms with E-state index in [1.165, 1.54) is 0 Å².